The number of halogens is 1. The fraction of sp³-hybridized carbons (Fsp3) is 0.750. The van der Waals surface area contributed by atoms with Gasteiger partial charge in [0.25, 0.3) is 0 Å². The second kappa shape index (κ2) is 8.38. The molecule has 114 valence electrons. The molecule has 1 N–H and O–H groups in total. The number of nitrogens with one attached hydrogen (secondary N) is 1. The molecule has 1 aliphatic carbocycles. The summed E-state index contributed by atoms with van der Waals surface area (Å²) in [5.74, 6) is 0.790. The average Bonchev–Trinajstić information content (AvgIpc) is 2.68. The molecule has 1 aliphatic rings. The van der Waals surface area contributed by atoms with E-state index in [1.54, 1.807) is 11.3 Å². The predicted octanol–water partition coefficient (Wildman–Crippen LogP) is 4.39. The number of rotatable bonds is 6. The lowest BCUT2D eigenvalue weighted by Crippen LogP contribution is -2.40. The van der Waals surface area contributed by atoms with Gasteiger partial charge in [0.2, 0.25) is 0 Å². The van der Waals surface area contributed by atoms with Crippen molar-refractivity contribution in [2.45, 2.75) is 51.6 Å². The van der Waals surface area contributed by atoms with E-state index >= 15 is 0 Å². The molecular weight excluding hydrogens is 288 g/mol. The van der Waals surface area contributed by atoms with Crippen molar-refractivity contribution in [3.8, 4) is 0 Å². The molecule has 1 saturated carbocycles. The van der Waals surface area contributed by atoms with Crippen LogP contribution in [0.5, 0.6) is 0 Å². The summed E-state index contributed by atoms with van der Waals surface area (Å²) in [5, 5.41) is 3.70. The van der Waals surface area contributed by atoms with Gasteiger partial charge in [-0.05, 0) is 44.5 Å². The van der Waals surface area contributed by atoms with E-state index in [1.165, 1.54) is 43.5 Å². The zero-order valence-electron chi connectivity index (χ0n) is 12.7. The first-order chi connectivity index (χ1) is 9.69. The van der Waals surface area contributed by atoms with Crippen LogP contribution in [0.1, 0.15) is 43.9 Å². The van der Waals surface area contributed by atoms with Crippen LogP contribution in [-0.4, -0.2) is 31.1 Å². The second-order valence-corrected chi connectivity index (χ2v) is 7.76. The molecule has 1 aromatic rings. The zero-order chi connectivity index (χ0) is 14.4. The van der Waals surface area contributed by atoms with E-state index in [9.17, 15) is 0 Å². The molecule has 1 fully saturated rings. The van der Waals surface area contributed by atoms with E-state index in [0.717, 1.165) is 23.3 Å². The molecule has 20 heavy (non-hydrogen) atoms. The van der Waals surface area contributed by atoms with Gasteiger partial charge in [0.1, 0.15) is 0 Å². The molecule has 2 rings (SSSR count). The number of hydrogen-bond donors (Lipinski definition) is 1. The molecule has 2 atom stereocenters. The van der Waals surface area contributed by atoms with Crippen molar-refractivity contribution in [1.82, 2.24) is 10.2 Å². The van der Waals surface area contributed by atoms with Gasteiger partial charge in [-0.25, -0.2) is 0 Å². The molecule has 0 radical (unpaired) electrons. The number of nitrogens with zero attached hydrogens (tertiary/aromatic N) is 1. The summed E-state index contributed by atoms with van der Waals surface area (Å²) < 4.78 is 0.897. The van der Waals surface area contributed by atoms with E-state index in [0.29, 0.717) is 6.04 Å². The van der Waals surface area contributed by atoms with Crippen LogP contribution < -0.4 is 5.32 Å². The highest BCUT2D eigenvalue weighted by Gasteiger charge is 2.24. The monoisotopic (exact) mass is 314 g/mol. The molecule has 0 amide bonds. The quantitative estimate of drug-likeness (QED) is 0.783. The topological polar surface area (TPSA) is 15.3 Å². The van der Waals surface area contributed by atoms with Crippen molar-refractivity contribution in [3.05, 3.63) is 21.3 Å². The van der Waals surface area contributed by atoms with Crippen LogP contribution in [0, 0.1) is 5.92 Å². The van der Waals surface area contributed by atoms with Crippen LogP contribution in [-0.2, 0) is 6.54 Å². The minimum atomic E-state index is 0.705. The van der Waals surface area contributed by atoms with Crippen molar-refractivity contribution in [1.29, 1.82) is 0 Å². The van der Waals surface area contributed by atoms with Gasteiger partial charge in [-0.2, -0.15) is 0 Å². The van der Waals surface area contributed by atoms with E-state index in [1.807, 2.05) is 6.07 Å². The maximum atomic E-state index is 6.01. The molecule has 2 nitrogen and oxygen atoms in total. The van der Waals surface area contributed by atoms with Crippen LogP contribution in [0.15, 0.2) is 12.1 Å². The number of hydrogen-bond acceptors (Lipinski definition) is 3. The van der Waals surface area contributed by atoms with Gasteiger partial charge in [0, 0.05) is 24.0 Å². The fourth-order valence-corrected chi connectivity index (χ4v) is 4.47. The van der Waals surface area contributed by atoms with Gasteiger partial charge in [-0.3, -0.25) is 0 Å². The van der Waals surface area contributed by atoms with Crippen molar-refractivity contribution in [2.24, 2.45) is 5.92 Å². The highest BCUT2D eigenvalue weighted by molar-refractivity contribution is 7.16. The van der Waals surface area contributed by atoms with Gasteiger partial charge in [0.15, 0.2) is 0 Å². The summed E-state index contributed by atoms with van der Waals surface area (Å²) >= 11 is 7.71. The third-order valence-corrected chi connectivity index (χ3v) is 5.44. The van der Waals surface area contributed by atoms with Crippen LogP contribution in [0.4, 0.5) is 0 Å². The lowest BCUT2D eigenvalue weighted by Gasteiger charge is -2.29. The molecule has 2 unspecified atom stereocenters. The van der Waals surface area contributed by atoms with Gasteiger partial charge >= 0.3 is 0 Å². The minimum Gasteiger partial charge on any atom is -0.314 e. The Morgan fingerprint density at radius 1 is 1.30 bits per heavy atom. The van der Waals surface area contributed by atoms with Crippen LogP contribution in [0.25, 0.3) is 0 Å². The molecule has 0 spiro atoms. The summed E-state index contributed by atoms with van der Waals surface area (Å²) in [4.78, 5) is 3.83. The zero-order valence-corrected chi connectivity index (χ0v) is 14.3. The Balaban J connectivity index is 1.87. The normalized spacial score (nSPS) is 24.0. The van der Waals surface area contributed by atoms with Crippen molar-refractivity contribution < 1.29 is 0 Å². The third-order valence-electron chi connectivity index (χ3n) is 4.23. The summed E-state index contributed by atoms with van der Waals surface area (Å²) in [7, 11) is 2.24. The SMILES string of the molecule is CCNC1CCCCCC1CN(C)Cc1ccc(Cl)s1. The van der Waals surface area contributed by atoms with Gasteiger partial charge in [-0.15, -0.1) is 11.3 Å². The van der Waals surface area contributed by atoms with E-state index < -0.39 is 0 Å². The Kier molecular flexibility index (Phi) is 6.82. The van der Waals surface area contributed by atoms with Crippen LogP contribution in [0.3, 0.4) is 0 Å². The Hall–Kier alpha value is -0.0900. The minimum absolute atomic E-state index is 0.705. The summed E-state index contributed by atoms with van der Waals surface area (Å²) in [5.41, 5.74) is 0. The lowest BCUT2D eigenvalue weighted by atomic mass is 9.94. The van der Waals surface area contributed by atoms with Gasteiger partial charge < -0.3 is 10.2 Å². The molecule has 0 aromatic carbocycles. The average molecular weight is 315 g/mol. The Morgan fingerprint density at radius 3 is 2.80 bits per heavy atom. The second-order valence-electron chi connectivity index (χ2n) is 5.96. The Morgan fingerprint density at radius 2 is 2.10 bits per heavy atom. The number of thiophene rings is 1. The molecule has 1 heterocycles. The first-order valence-electron chi connectivity index (χ1n) is 7.85. The van der Waals surface area contributed by atoms with Crippen molar-refractivity contribution in [2.75, 3.05) is 20.1 Å². The van der Waals surface area contributed by atoms with Crippen molar-refractivity contribution >= 4 is 22.9 Å². The molecule has 4 heteroatoms. The predicted molar refractivity (Wildman–Crippen MR) is 89.7 cm³/mol. The largest absolute Gasteiger partial charge is 0.314 e. The third kappa shape index (κ3) is 5.03. The summed E-state index contributed by atoms with van der Waals surface area (Å²) in [6, 6.07) is 4.86. The Bertz CT molecular complexity index is 394. The van der Waals surface area contributed by atoms with Crippen molar-refractivity contribution in [3.63, 3.8) is 0 Å². The van der Waals surface area contributed by atoms with Crippen LogP contribution in [0.2, 0.25) is 4.34 Å². The maximum absolute atomic E-state index is 6.01. The van der Waals surface area contributed by atoms with E-state index in [-0.39, 0.29) is 0 Å². The molecule has 0 bridgehead atoms. The fourth-order valence-electron chi connectivity index (χ4n) is 3.30. The molecule has 1 aromatic heterocycles. The maximum Gasteiger partial charge on any atom is 0.0931 e. The summed E-state index contributed by atoms with van der Waals surface area (Å²) in [6.07, 6.45) is 6.90. The van der Waals surface area contributed by atoms with E-state index in [4.69, 9.17) is 11.6 Å². The first kappa shape index (κ1) is 16.3. The molecule has 0 aliphatic heterocycles. The van der Waals surface area contributed by atoms with E-state index in [2.05, 4.69) is 30.3 Å². The highest BCUT2D eigenvalue weighted by atomic mass is 35.5. The Labute approximate surface area is 132 Å². The standard InChI is InChI=1S/C16H27ClN2S/c1-3-18-15-8-6-4-5-7-13(15)11-19(2)12-14-9-10-16(17)20-14/h9-10,13,15,18H,3-8,11-12H2,1-2H3. The first-order valence-corrected chi connectivity index (χ1v) is 9.04. The summed E-state index contributed by atoms with van der Waals surface area (Å²) in [6.45, 7) is 5.52. The van der Waals surface area contributed by atoms with Gasteiger partial charge in [-0.1, -0.05) is 37.8 Å². The lowest BCUT2D eigenvalue weighted by molar-refractivity contribution is 0.221. The van der Waals surface area contributed by atoms with Gasteiger partial charge in [0.05, 0.1) is 4.34 Å². The molecular formula is C16H27ClN2S. The van der Waals surface area contributed by atoms with Crippen LogP contribution >= 0.6 is 22.9 Å². The highest BCUT2D eigenvalue weighted by Crippen LogP contribution is 2.26. The molecule has 0 saturated heterocycles. The smallest absolute Gasteiger partial charge is 0.0931 e.